The van der Waals surface area contributed by atoms with Gasteiger partial charge in [-0.05, 0) is 38.1 Å². The third kappa shape index (κ3) is 3.94. The number of rotatable bonds is 4. The first kappa shape index (κ1) is 20.8. The SMILES string of the molecule is Cc1ccc(S(=O)(=O)N/N=C(\c2c(Cl)cccc2Cl)N2CC(F)(F)C2C)cc1. The summed E-state index contributed by atoms with van der Waals surface area (Å²) in [5.74, 6) is -2.99. The van der Waals surface area contributed by atoms with E-state index in [0.717, 1.165) is 5.56 Å². The second kappa shape index (κ2) is 7.50. The fourth-order valence-corrected chi connectivity index (χ4v) is 4.09. The molecule has 0 bridgehead atoms. The van der Waals surface area contributed by atoms with Gasteiger partial charge in [-0.15, -0.1) is 5.10 Å². The predicted octanol–water partition coefficient (Wildman–Crippen LogP) is 4.28. The standard InChI is InChI=1S/C18H17Cl2F2N3O2S/c1-11-6-8-13(9-7-11)28(26,27)24-23-17(25-10-18(21,22)12(25)2)16-14(19)4-3-5-15(16)20/h3-9,12,24H,10H2,1-2H3/b23-17+. The highest BCUT2D eigenvalue weighted by Crippen LogP contribution is 2.38. The van der Waals surface area contributed by atoms with Crippen molar-refractivity contribution in [1.82, 2.24) is 9.73 Å². The molecular weight excluding hydrogens is 431 g/mol. The van der Waals surface area contributed by atoms with Crippen LogP contribution in [0.2, 0.25) is 10.0 Å². The average molecular weight is 448 g/mol. The second-order valence-electron chi connectivity index (χ2n) is 6.50. The van der Waals surface area contributed by atoms with E-state index < -0.39 is 28.5 Å². The lowest BCUT2D eigenvalue weighted by Gasteiger charge is -2.47. The fourth-order valence-electron chi connectivity index (χ4n) is 2.72. The fraction of sp³-hybridized carbons (Fsp3) is 0.278. The minimum absolute atomic E-state index is 0.00607. The molecule has 0 aromatic heterocycles. The molecular formula is C18H17Cl2F2N3O2S. The van der Waals surface area contributed by atoms with Crippen molar-refractivity contribution in [1.29, 1.82) is 0 Å². The number of hydrogen-bond acceptors (Lipinski definition) is 3. The zero-order chi connectivity index (χ0) is 20.7. The third-order valence-corrected chi connectivity index (χ3v) is 6.38. The molecule has 10 heteroatoms. The molecule has 1 unspecified atom stereocenters. The Balaban J connectivity index is 2.01. The van der Waals surface area contributed by atoms with Crippen molar-refractivity contribution >= 4 is 39.1 Å². The van der Waals surface area contributed by atoms with Crippen LogP contribution < -0.4 is 4.83 Å². The molecule has 0 aliphatic carbocycles. The number of aryl methyl sites for hydroxylation is 1. The summed E-state index contributed by atoms with van der Waals surface area (Å²) < 4.78 is 52.5. The molecule has 2 aromatic carbocycles. The van der Waals surface area contributed by atoms with Gasteiger partial charge in [-0.1, -0.05) is 47.0 Å². The van der Waals surface area contributed by atoms with Crippen LogP contribution in [0.5, 0.6) is 0 Å². The maximum atomic E-state index is 13.7. The molecule has 0 spiro atoms. The number of likely N-dealkylation sites (tertiary alicyclic amines) is 1. The monoisotopic (exact) mass is 447 g/mol. The molecule has 1 aliphatic rings. The van der Waals surface area contributed by atoms with Gasteiger partial charge in [-0.25, -0.2) is 8.78 Å². The van der Waals surface area contributed by atoms with Crippen LogP contribution in [-0.2, 0) is 10.0 Å². The van der Waals surface area contributed by atoms with Gasteiger partial charge in [-0.3, -0.25) is 0 Å². The van der Waals surface area contributed by atoms with Crippen LogP contribution in [0.3, 0.4) is 0 Å². The van der Waals surface area contributed by atoms with E-state index >= 15 is 0 Å². The lowest BCUT2D eigenvalue weighted by atomic mass is 9.98. The van der Waals surface area contributed by atoms with E-state index in [1.165, 1.54) is 36.1 Å². The summed E-state index contributed by atoms with van der Waals surface area (Å²) in [6.45, 7) is 2.52. The van der Waals surface area contributed by atoms with Crippen LogP contribution in [0.25, 0.3) is 0 Å². The van der Waals surface area contributed by atoms with Crippen molar-refractivity contribution in [3.8, 4) is 0 Å². The summed E-state index contributed by atoms with van der Waals surface area (Å²) in [6, 6.07) is 9.58. The number of halogens is 4. The molecule has 1 atom stereocenters. The van der Waals surface area contributed by atoms with Crippen LogP contribution in [0.4, 0.5) is 8.78 Å². The molecule has 2 aromatic rings. The van der Waals surface area contributed by atoms with Gasteiger partial charge in [0.05, 0.1) is 33.1 Å². The number of amidine groups is 1. The van der Waals surface area contributed by atoms with Crippen molar-refractivity contribution in [2.24, 2.45) is 5.10 Å². The molecule has 5 nitrogen and oxygen atoms in total. The quantitative estimate of drug-likeness (QED) is 0.432. The van der Waals surface area contributed by atoms with Crippen molar-refractivity contribution in [2.45, 2.75) is 30.7 Å². The molecule has 0 saturated carbocycles. The van der Waals surface area contributed by atoms with Crippen LogP contribution in [0.15, 0.2) is 52.5 Å². The maximum absolute atomic E-state index is 13.7. The first-order valence-electron chi connectivity index (χ1n) is 8.28. The van der Waals surface area contributed by atoms with Crippen molar-refractivity contribution in [3.05, 3.63) is 63.6 Å². The van der Waals surface area contributed by atoms with E-state index in [1.807, 2.05) is 6.92 Å². The topological polar surface area (TPSA) is 61.8 Å². The van der Waals surface area contributed by atoms with Crippen LogP contribution >= 0.6 is 23.2 Å². The van der Waals surface area contributed by atoms with Crippen molar-refractivity contribution in [3.63, 3.8) is 0 Å². The smallest absolute Gasteiger partial charge is 0.284 e. The summed E-state index contributed by atoms with van der Waals surface area (Å²) >= 11 is 12.4. The van der Waals surface area contributed by atoms with E-state index in [9.17, 15) is 17.2 Å². The lowest BCUT2D eigenvalue weighted by Crippen LogP contribution is -2.65. The first-order chi connectivity index (χ1) is 13.0. The Bertz CT molecular complexity index is 1010. The molecule has 1 heterocycles. The molecule has 28 heavy (non-hydrogen) atoms. The number of benzene rings is 2. The number of hydrogen-bond donors (Lipinski definition) is 1. The van der Waals surface area contributed by atoms with Crippen LogP contribution in [-0.4, -0.2) is 37.7 Å². The minimum Gasteiger partial charge on any atom is -0.340 e. The summed E-state index contributed by atoms with van der Waals surface area (Å²) in [6.07, 6.45) is 0. The van der Waals surface area contributed by atoms with Gasteiger partial charge < -0.3 is 4.90 Å². The van der Waals surface area contributed by atoms with Gasteiger partial charge in [0.1, 0.15) is 0 Å². The minimum atomic E-state index is -4.01. The first-order valence-corrected chi connectivity index (χ1v) is 10.5. The van der Waals surface area contributed by atoms with Gasteiger partial charge in [0.25, 0.3) is 15.9 Å². The Morgan fingerprint density at radius 2 is 1.75 bits per heavy atom. The number of sulfonamides is 1. The molecule has 0 amide bonds. The highest BCUT2D eigenvalue weighted by atomic mass is 35.5. The van der Waals surface area contributed by atoms with E-state index in [0.29, 0.717) is 0 Å². The lowest BCUT2D eigenvalue weighted by molar-refractivity contribution is -0.146. The third-order valence-electron chi connectivity index (χ3n) is 4.52. The average Bonchev–Trinajstić information content (AvgIpc) is 2.62. The number of nitrogens with one attached hydrogen (secondary N) is 1. The number of hydrazone groups is 1. The highest BCUT2D eigenvalue weighted by Gasteiger charge is 2.53. The van der Waals surface area contributed by atoms with E-state index in [1.54, 1.807) is 18.2 Å². The maximum Gasteiger partial charge on any atom is 0.284 e. The summed E-state index contributed by atoms with van der Waals surface area (Å²) in [5, 5.41) is 4.27. The summed E-state index contributed by atoms with van der Waals surface area (Å²) in [4.78, 5) is 3.35. The Hall–Kier alpha value is -1.90. The van der Waals surface area contributed by atoms with Crippen molar-refractivity contribution in [2.75, 3.05) is 6.54 Å². The van der Waals surface area contributed by atoms with E-state index in [4.69, 9.17) is 23.2 Å². The van der Waals surface area contributed by atoms with E-state index in [2.05, 4.69) is 9.93 Å². The predicted molar refractivity (Wildman–Crippen MR) is 106 cm³/mol. The zero-order valence-corrected chi connectivity index (χ0v) is 17.3. The zero-order valence-electron chi connectivity index (χ0n) is 15.0. The molecule has 1 saturated heterocycles. The summed E-state index contributed by atoms with van der Waals surface area (Å²) in [7, 11) is -4.01. The molecule has 0 radical (unpaired) electrons. The molecule has 1 aliphatic heterocycles. The Labute approximate surface area is 172 Å². The molecule has 150 valence electrons. The Morgan fingerprint density at radius 1 is 1.18 bits per heavy atom. The van der Waals surface area contributed by atoms with Gasteiger partial charge in [0, 0.05) is 0 Å². The largest absolute Gasteiger partial charge is 0.340 e. The molecule has 1 fully saturated rings. The highest BCUT2D eigenvalue weighted by molar-refractivity contribution is 7.89. The van der Waals surface area contributed by atoms with Crippen LogP contribution in [0.1, 0.15) is 18.1 Å². The molecule has 3 rings (SSSR count). The number of alkyl halides is 2. The van der Waals surface area contributed by atoms with Gasteiger partial charge in [0.15, 0.2) is 5.84 Å². The summed E-state index contributed by atoms with van der Waals surface area (Å²) in [5.41, 5.74) is 1.07. The van der Waals surface area contributed by atoms with Gasteiger partial charge in [0.2, 0.25) is 0 Å². The Morgan fingerprint density at radius 3 is 2.25 bits per heavy atom. The molecule has 1 N–H and O–H groups in total. The van der Waals surface area contributed by atoms with E-state index in [-0.39, 0.29) is 26.3 Å². The van der Waals surface area contributed by atoms with Gasteiger partial charge in [-0.2, -0.15) is 13.2 Å². The van der Waals surface area contributed by atoms with Gasteiger partial charge >= 0.3 is 0 Å². The normalized spacial score (nSPS) is 19.3. The van der Waals surface area contributed by atoms with Crippen LogP contribution in [0, 0.1) is 6.92 Å². The van der Waals surface area contributed by atoms with Crippen molar-refractivity contribution < 1.29 is 17.2 Å². The number of nitrogens with zero attached hydrogens (tertiary/aromatic N) is 2. The second-order valence-corrected chi connectivity index (χ2v) is 8.98. The Kier molecular flexibility index (Phi) is 5.58.